The van der Waals surface area contributed by atoms with Crippen LogP contribution in [-0.2, 0) is 5.41 Å². The molecule has 0 bridgehead atoms. The summed E-state index contributed by atoms with van der Waals surface area (Å²) in [7, 11) is 0. The van der Waals surface area contributed by atoms with E-state index in [1.807, 2.05) is 17.5 Å². The highest BCUT2D eigenvalue weighted by atomic mass is 32.1. The van der Waals surface area contributed by atoms with Crippen LogP contribution in [0.4, 0.5) is 0 Å². The molecule has 0 saturated carbocycles. The van der Waals surface area contributed by atoms with Crippen LogP contribution in [0.15, 0.2) is 11.4 Å². The van der Waals surface area contributed by atoms with Crippen molar-refractivity contribution < 1.29 is 0 Å². The zero-order valence-electron chi connectivity index (χ0n) is 8.16. The summed E-state index contributed by atoms with van der Waals surface area (Å²) in [5, 5.41) is 10.6. The van der Waals surface area contributed by atoms with Gasteiger partial charge in [0.1, 0.15) is 6.04 Å². The van der Waals surface area contributed by atoms with Crippen LogP contribution in [0, 0.1) is 11.3 Å². The standard InChI is InChI=1S/C10H14N2S/c1-10(2,3)9-4-7(6-13-9)8(12)5-11/h4,6,8H,12H2,1-3H3. The molecule has 1 unspecified atom stereocenters. The van der Waals surface area contributed by atoms with E-state index in [2.05, 4.69) is 20.8 Å². The van der Waals surface area contributed by atoms with Crippen molar-refractivity contribution in [1.29, 1.82) is 5.26 Å². The first-order valence-electron chi connectivity index (χ1n) is 4.19. The van der Waals surface area contributed by atoms with E-state index in [4.69, 9.17) is 11.0 Å². The van der Waals surface area contributed by atoms with Gasteiger partial charge in [-0.15, -0.1) is 11.3 Å². The molecular weight excluding hydrogens is 180 g/mol. The van der Waals surface area contributed by atoms with Crippen LogP contribution in [0.3, 0.4) is 0 Å². The average Bonchev–Trinajstić information content (AvgIpc) is 2.50. The molecule has 0 radical (unpaired) electrons. The molecule has 0 fully saturated rings. The average molecular weight is 194 g/mol. The summed E-state index contributed by atoms with van der Waals surface area (Å²) in [5.41, 5.74) is 6.68. The molecule has 0 aromatic carbocycles. The Morgan fingerprint density at radius 3 is 2.54 bits per heavy atom. The molecule has 0 aliphatic rings. The summed E-state index contributed by atoms with van der Waals surface area (Å²) in [6, 6.07) is 3.58. The van der Waals surface area contributed by atoms with Gasteiger partial charge in [0.15, 0.2) is 0 Å². The number of rotatable bonds is 1. The molecule has 1 heterocycles. The maximum atomic E-state index is 8.63. The molecule has 3 heteroatoms. The maximum Gasteiger partial charge on any atom is 0.119 e. The van der Waals surface area contributed by atoms with Gasteiger partial charge >= 0.3 is 0 Å². The van der Waals surface area contributed by atoms with Crippen molar-refractivity contribution in [3.63, 3.8) is 0 Å². The molecule has 2 nitrogen and oxygen atoms in total. The molecule has 1 aromatic heterocycles. The largest absolute Gasteiger partial charge is 0.312 e. The Balaban J connectivity index is 2.95. The van der Waals surface area contributed by atoms with E-state index in [1.165, 1.54) is 4.88 Å². The highest BCUT2D eigenvalue weighted by Crippen LogP contribution is 2.30. The van der Waals surface area contributed by atoms with Gasteiger partial charge < -0.3 is 5.73 Å². The van der Waals surface area contributed by atoms with E-state index in [0.29, 0.717) is 0 Å². The van der Waals surface area contributed by atoms with Gasteiger partial charge in [-0.1, -0.05) is 20.8 Å². The van der Waals surface area contributed by atoms with Crippen LogP contribution in [0.2, 0.25) is 0 Å². The number of thiophene rings is 1. The molecule has 0 aliphatic heterocycles. The van der Waals surface area contributed by atoms with Gasteiger partial charge in [-0.05, 0) is 22.4 Å². The van der Waals surface area contributed by atoms with Gasteiger partial charge in [0.25, 0.3) is 0 Å². The lowest BCUT2D eigenvalue weighted by Crippen LogP contribution is -2.09. The van der Waals surface area contributed by atoms with Crippen LogP contribution in [0.5, 0.6) is 0 Å². The molecule has 1 aromatic rings. The topological polar surface area (TPSA) is 49.8 Å². The van der Waals surface area contributed by atoms with Crippen LogP contribution in [0.25, 0.3) is 0 Å². The van der Waals surface area contributed by atoms with Crippen molar-refractivity contribution in [2.24, 2.45) is 5.73 Å². The van der Waals surface area contributed by atoms with E-state index >= 15 is 0 Å². The summed E-state index contributed by atoms with van der Waals surface area (Å²) >= 11 is 1.67. The summed E-state index contributed by atoms with van der Waals surface area (Å²) < 4.78 is 0. The summed E-state index contributed by atoms with van der Waals surface area (Å²) in [4.78, 5) is 1.27. The zero-order chi connectivity index (χ0) is 10.1. The van der Waals surface area contributed by atoms with Crippen LogP contribution in [0.1, 0.15) is 37.3 Å². The molecule has 70 valence electrons. The van der Waals surface area contributed by atoms with Crippen molar-refractivity contribution in [2.45, 2.75) is 32.2 Å². The van der Waals surface area contributed by atoms with Gasteiger partial charge in [-0.25, -0.2) is 0 Å². The molecule has 0 aliphatic carbocycles. The minimum Gasteiger partial charge on any atom is -0.312 e. The Morgan fingerprint density at radius 2 is 2.15 bits per heavy atom. The lowest BCUT2D eigenvalue weighted by molar-refractivity contribution is 0.603. The Morgan fingerprint density at radius 1 is 1.54 bits per heavy atom. The normalized spacial score (nSPS) is 13.8. The predicted molar refractivity (Wildman–Crippen MR) is 55.6 cm³/mol. The number of nitriles is 1. The minimum atomic E-state index is -0.479. The van der Waals surface area contributed by atoms with E-state index in [9.17, 15) is 0 Å². The fourth-order valence-electron chi connectivity index (χ4n) is 0.982. The van der Waals surface area contributed by atoms with Crippen molar-refractivity contribution >= 4 is 11.3 Å². The van der Waals surface area contributed by atoms with Gasteiger partial charge in [0, 0.05) is 4.88 Å². The van der Waals surface area contributed by atoms with E-state index in [-0.39, 0.29) is 5.41 Å². The first kappa shape index (κ1) is 10.2. The predicted octanol–water partition coefficient (Wildman–Crippen LogP) is 2.57. The third-order valence-corrected chi connectivity index (χ3v) is 3.23. The summed E-state index contributed by atoms with van der Waals surface area (Å²) in [5.74, 6) is 0. The van der Waals surface area contributed by atoms with Crippen molar-refractivity contribution in [3.8, 4) is 6.07 Å². The van der Waals surface area contributed by atoms with Gasteiger partial charge in [0.05, 0.1) is 6.07 Å². The third kappa shape index (κ3) is 2.30. The smallest absolute Gasteiger partial charge is 0.119 e. The SMILES string of the molecule is CC(C)(C)c1cc(C(N)C#N)cs1. The lowest BCUT2D eigenvalue weighted by atomic mass is 9.94. The molecule has 1 atom stereocenters. The molecule has 0 saturated heterocycles. The van der Waals surface area contributed by atoms with Gasteiger partial charge in [-0.2, -0.15) is 5.26 Å². The van der Waals surface area contributed by atoms with E-state index in [1.54, 1.807) is 11.3 Å². The molecule has 13 heavy (non-hydrogen) atoms. The Bertz CT molecular complexity index is 327. The molecular formula is C10H14N2S. The summed E-state index contributed by atoms with van der Waals surface area (Å²) in [6.07, 6.45) is 0. The van der Waals surface area contributed by atoms with Crippen molar-refractivity contribution in [2.75, 3.05) is 0 Å². The molecule has 1 rings (SSSR count). The van der Waals surface area contributed by atoms with Gasteiger partial charge in [-0.3, -0.25) is 0 Å². The fourth-order valence-corrected chi connectivity index (χ4v) is 2.02. The van der Waals surface area contributed by atoms with Gasteiger partial charge in [0.2, 0.25) is 0 Å². The second-order valence-electron chi connectivity index (χ2n) is 4.10. The first-order valence-corrected chi connectivity index (χ1v) is 5.07. The monoisotopic (exact) mass is 194 g/mol. The molecule has 0 amide bonds. The number of nitrogens with zero attached hydrogens (tertiary/aromatic N) is 1. The quantitative estimate of drug-likeness (QED) is 0.747. The Labute approximate surface area is 83.0 Å². The number of hydrogen-bond donors (Lipinski definition) is 1. The Hall–Kier alpha value is -0.850. The minimum absolute atomic E-state index is 0.151. The zero-order valence-corrected chi connectivity index (χ0v) is 8.98. The van der Waals surface area contributed by atoms with E-state index in [0.717, 1.165) is 5.56 Å². The highest BCUT2D eigenvalue weighted by Gasteiger charge is 2.17. The van der Waals surface area contributed by atoms with Crippen LogP contribution >= 0.6 is 11.3 Å². The highest BCUT2D eigenvalue weighted by molar-refractivity contribution is 7.10. The fraction of sp³-hybridized carbons (Fsp3) is 0.500. The molecule has 0 spiro atoms. The lowest BCUT2D eigenvalue weighted by Gasteiger charge is -2.15. The van der Waals surface area contributed by atoms with Crippen molar-refractivity contribution in [3.05, 3.63) is 21.9 Å². The second kappa shape index (κ2) is 3.49. The number of hydrogen-bond acceptors (Lipinski definition) is 3. The van der Waals surface area contributed by atoms with Crippen LogP contribution < -0.4 is 5.73 Å². The van der Waals surface area contributed by atoms with E-state index < -0.39 is 6.04 Å². The van der Waals surface area contributed by atoms with Crippen LogP contribution in [-0.4, -0.2) is 0 Å². The second-order valence-corrected chi connectivity index (χ2v) is 5.01. The first-order chi connectivity index (χ1) is 5.95. The number of nitrogens with two attached hydrogens (primary N) is 1. The molecule has 2 N–H and O–H groups in total. The van der Waals surface area contributed by atoms with Crippen molar-refractivity contribution in [1.82, 2.24) is 0 Å². The summed E-state index contributed by atoms with van der Waals surface area (Å²) in [6.45, 7) is 6.46. The third-order valence-electron chi connectivity index (χ3n) is 1.86. The Kier molecular flexibility index (Phi) is 2.74. The maximum absolute atomic E-state index is 8.63.